The zero-order valence-electron chi connectivity index (χ0n) is 16.8. The van der Waals surface area contributed by atoms with Crippen LogP contribution in [0.4, 0.5) is 4.39 Å². The summed E-state index contributed by atoms with van der Waals surface area (Å²) in [4.78, 5) is 54.2. The van der Waals surface area contributed by atoms with Crippen LogP contribution in [-0.4, -0.2) is 46.0 Å². The molecule has 1 aromatic rings. The molecular formula is C21H21ClFN3O4. The number of hydrogen-bond donors (Lipinski definition) is 1. The van der Waals surface area contributed by atoms with Crippen LogP contribution in [0.2, 0.25) is 5.02 Å². The van der Waals surface area contributed by atoms with E-state index in [1.807, 2.05) is 20.8 Å². The quantitative estimate of drug-likeness (QED) is 0.571. The van der Waals surface area contributed by atoms with Gasteiger partial charge in [0.25, 0.3) is 11.8 Å². The van der Waals surface area contributed by atoms with Crippen LogP contribution in [0.15, 0.2) is 29.5 Å². The number of rotatable bonds is 2. The van der Waals surface area contributed by atoms with Crippen LogP contribution < -0.4 is 5.32 Å². The number of carbonyl (C=O) groups excluding carboxylic acids is 4. The van der Waals surface area contributed by atoms with Crippen molar-refractivity contribution in [3.63, 3.8) is 0 Å². The van der Waals surface area contributed by atoms with Crippen LogP contribution in [0.3, 0.4) is 0 Å². The van der Waals surface area contributed by atoms with Crippen molar-refractivity contribution in [1.82, 2.24) is 15.1 Å². The summed E-state index contributed by atoms with van der Waals surface area (Å²) < 4.78 is 13.4. The van der Waals surface area contributed by atoms with E-state index in [2.05, 4.69) is 5.32 Å². The minimum Gasteiger partial charge on any atom is -0.337 e. The number of carbonyl (C=O) groups is 4. The van der Waals surface area contributed by atoms with Gasteiger partial charge < -0.3 is 10.2 Å². The summed E-state index contributed by atoms with van der Waals surface area (Å²) >= 11 is 5.81. The van der Waals surface area contributed by atoms with Crippen molar-refractivity contribution < 1.29 is 23.6 Å². The van der Waals surface area contributed by atoms with Crippen LogP contribution in [0.25, 0.3) is 0 Å². The first-order valence-corrected chi connectivity index (χ1v) is 10.0. The Morgan fingerprint density at radius 3 is 2.53 bits per heavy atom. The third kappa shape index (κ3) is 3.10. The summed E-state index contributed by atoms with van der Waals surface area (Å²) in [6.45, 7) is 5.97. The smallest absolute Gasteiger partial charge is 0.297 e. The highest BCUT2D eigenvalue weighted by Crippen LogP contribution is 2.40. The molecule has 0 aromatic heterocycles. The second-order valence-corrected chi connectivity index (χ2v) is 9.25. The summed E-state index contributed by atoms with van der Waals surface area (Å²) in [6, 6.07) is 4.14. The lowest BCUT2D eigenvalue weighted by molar-refractivity contribution is -0.154. The second kappa shape index (κ2) is 6.91. The molecule has 4 rings (SSSR count). The van der Waals surface area contributed by atoms with Crippen molar-refractivity contribution in [2.24, 2.45) is 11.3 Å². The van der Waals surface area contributed by atoms with E-state index in [9.17, 15) is 23.6 Å². The molecule has 0 bridgehead atoms. The number of piperidine rings is 1. The van der Waals surface area contributed by atoms with Gasteiger partial charge in [-0.1, -0.05) is 38.4 Å². The largest absolute Gasteiger partial charge is 0.337 e. The molecule has 0 radical (unpaired) electrons. The Hall–Kier alpha value is -2.74. The third-order valence-electron chi connectivity index (χ3n) is 5.71. The van der Waals surface area contributed by atoms with E-state index in [1.54, 1.807) is 0 Å². The first kappa shape index (κ1) is 20.5. The van der Waals surface area contributed by atoms with Crippen molar-refractivity contribution in [3.8, 4) is 0 Å². The van der Waals surface area contributed by atoms with Crippen molar-refractivity contribution in [2.45, 2.75) is 39.9 Å². The van der Waals surface area contributed by atoms with Gasteiger partial charge >= 0.3 is 0 Å². The molecule has 0 aliphatic carbocycles. The first-order chi connectivity index (χ1) is 14.0. The van der Waals surface area contributed by atoms with E-state index in [-0.39, 0.29) is 23.8 Å². The first-order valence-electron chi connectivity index (χ1n) is 9.64. The van der Waals surface area contributed by atoms with Crippen LogP contribution in [0.5, 0.6) is 0 Å². The lowest BCUT2D eigenvalue weighted by atomic mass is 9.81. The number of halogens is 2. The number of nitrogens with one attached hydrogen (secondary N) is 1. The molecule has 1 N–H and O–H groups in total. The number of fused-ring (bicyclic) bond motifs is 2. The van der Waals surface area contributed by atoms with Crippen LogP contribution in [0, 0.1) is 17.2 Å². The highest BCUT2D eigenvalue weighted by molar-refractivity contribution is 6.43. The monoisotopic (exact) mass is 433 g/mol. The van der Waals surface area contributed by atoms with Gasteiger partial charge in [-0.25, -0.2) is 4.39 Å². The van der Waals surface area contributed by atoms with Gasteiger partial charge in [0, 0.05) is 18.5 Å². The van der Waals surface area contributed by atoms with Gasteiger partial charge in [0.2, 0.25) is 11.7 Å². The fourth-order valence-corrected chi connectivity index (χ4v) is 4.45. The van der Waals surface area contributed by atoms with Gasteiger partial charge in [-0.15, -0.1) is 0 Å². The summed E-state index contributed by atoms with van der Waals surface area (Å²) in [5.41, 5.74) is 0.630. The topological polar surface area (TPSA) is 86.8 Å². The van der Waals surface area contributed by atoms with E-state index in [0.29, 0.717) is 17.6 Å². The van der Waals surface area contributed by atoms with Crippen molar-refractivity contribution in [3.05, 3.63) is 45.9 Å². The fraction of sp³-hybridized carbons (Fsp3) is 0.429. The van der Waals surface area contributed by atoms with Crippen LogP contribution in [-0.2, 0) is 25.7 Å². The molecule has 30 heavy (non-hydrogen) atoms. The number of amides is 3. The maximum Gasteiger partial charge on any atom is 0.297 e. The molecule has 1 aromatic carbocycles. The number of ketones is 1. The number of nitrogens with zero attached hydrogens (tertiary/aromatic N) is 2. The van der Waals surface area contributed by atoms with Crippen molar-refractivity contribution in [2.75, 3.05) is 6.54 Å². The lowest BCUT2D eigenvalue weighted by Crippen LogP contribution is -2.57. The normalized spacial score (nSPS) is 24.3. The predicted molar refractivity (Wildman–Crippen MR) is 105 cm³/mol. The predicted octanol–water partition coefficient (Wildman–Crippen LogP) is 2.00. The second-order valence-electron chi connectivity index (χ2n) is 8.85. The minimum atomic E-state index is -1.29. The summed E-state index contributed by atoms with van der Waals surface area (Å²) in [5, 5.41) is 2.72. The molecule has 2 atom stereocenters. The summed E-state index contributed by atoms with van der Waals surface area (Å²) in [7, 11) is 0. The zero-order chi connectivity index (χ0) is 22.0. The number of Topliss-reactive ketones (excluding diaryl/α,β-unsaturated/α-hetero) is 1. The minimum absolute atomic E-state index is 0.0600. The number of benzene rings is 1. The zero-order valence-corrected chi connectivity index (χ0v) is 17.5. The van der Waals surface area contributed by atoms with Crippen molar-refractivity contribution >= 4 is 35.1 Å². The Kier molecular flexibility index (Phi) is 4.73. The molecule has 0 saturated carbocycles. The molecule has 3 amide bonds. The average Bonchev–Trinajstić information content (AvgIpc) is 3.02. The Morgan fingerprint density at radius 1 is 1.20 bits per heavy atom. The number of hydrogen-bond acceptors (Lipinski definition) is 4. The van der Waals surface area contributed by atoms with Crippen LogP contribution >= 0.6 is 11.6 Å². The number of likely N-dealkylation sites (tertiary alicyclic amines) is 1. The third-order valence-corrected chi connectivity index (χ3v) is 6.00. The molecule has 3 aliphatic rings. The van der Waals surface area contributed by atoms with Gasteiger partial charge in [0.15, 0.2) is 0 Å². The molecule has 2 unspecified atom stereocenters. The van der Waals surface area contributed by atoms with E-state index < -0.39 is 46.8 Å². The molecule has 7 nitrogen and oxygen atoms in total. The van der Waals surface area contributed by atoms with E-state index in [1.165, 1.54) is 28.0 Å². The van der Waals surface area contributed by atoms with E-state index >= 15 is 0 Å². The molecule has 2 saturated heterocycles. The van der Waals surface area contributed by atoms with Crippen LogP contribution in [0.1, 0.15) is 32.8 Å². The molecule has 158 valence electrons. The molecule has 3 aliphatic heterocycles. The highest BCUT2D eigenvalue weighted by Gasteiger charge is 2.55. The average molecular weight is 434 g/mol. The van der Waals surface area contributed by atoms with Gasteiger partial charge in [0.05, 0.1) is 5.02 Å². The Morgan fingerprint density at radius 2 is 1.90 bits per heavy atom. The lowest BCUT2D eigenvalue weighted by Gasteiger charge is -2.40. The summed E-state index contributed by atoms with van der Waals surface area (Å²) in [6.07, 6.45) is -0.361. The van der Waals surface area contributed by atoms with E-state index in [0.717, 1.165) is 0 Å². The highest BCUT2D eigenvalue weighted by atomic mass is 35.5. The van der Waals surface area contributed by atoms with Gasteiger partial charge in [0.1, 0.15) is 23.6 Å². The van der Waals surface area contributed by atoms with Gasteiger partial charge in [-0.2, -0.15) is 0 Å². The molecular weight excluding hydrogens is 413 g/mol. The van der Waals surface area contributed by atoms with E-state index in [4.69, 9.17) is 11.6 Å². The molecule has 0 spiro atoms. The molecule has 2 fully saturated rings. The summed E-state index contributed by atoms with van der Waals surface area (Å²) in [5.74, 6) is -4.51. The Bertz CT molecular complexity index is 1030. The Balaban J connectivity index is 1.68. The SMILES string of the molecule is CC(C)(C)C1NC(=O)C2=C3CCN(Cc4ccc(F)c(Cl)c4)C(=O)C3C(=O)C(=O)N21. The van der Waals surface area contributed by atoms with Crippen molar-refractivity contribution in [1.29, 1.82) is 0 Å². The maximum atomic E-state index is 13.4. The fourth-order valence-electron chi connectivity index (χ4n) is 4.24. The maximum absolute atomic E-state index is 13.4. The van der Waals surface area contributed by atoms with Gasteiger partial charge in [-0.05, 0) is 29.7 Å². The van der Waals surface area contributed by atoms with Gasteiger partial charge in [-0.3, -0.25) is 24.1 Å². The Labute approximate surface area is 177 Å². The standard InChI is InChI=1S/C21H21ClFN3O4/c1-21(2,3)20-24-17(28)15-11-6-7-25(9-10-4-5-13(23)12(22)8-10)18(29)14(11)16(27)19(30)26(15)20/h4-5,8,14,20H,6-7,9H2,1-3H3,(H,24,28). The molecule has 3 heterocycles. The molecule has 9 heteroatoms.